The highest BCUT2D eigenvalue weighted by atomic mass is 32.1. The second-order valence-corrected chi connectivity index (χ2v) is 5.84. The maximum Gasteiger partial charge on any atom is 0.146 e. The average molecular weight is 304 g/mol. The maximum atomic E-state index is 4.51. The summed E-state index contributed by atoms with van der Waals surface area (Å²) in [5.74, 6) is 0.719. The largest absolute Gasteiger partial charge is 0.261 e. The van der Waals surface area contributed by atoms with Gasteiger partial charge in [0.05, 0.1) is 21.9 Å². The number of hydrogen-bond acceptors (Lipinski definition) is 5. The van der Waals surface area contributed by atoms with Gasteiger partial charge >= 0.3 is 0 Å². The predicted molar refractivity (Wildman–Crippen MR) is 92.6 cm³/mol. The summed E-state index contributed by atoms with van der Waals surface area (Å²) in [6.07, 6.45) is 1.72. The van der Waals surface area contributed by atoms with Gasteiger partial charge in [-0.15, -0.1) is 11.3 Å². The third-order valence-corrected chi connectivity index (χ3v) is 4.23. The van der Waals surface area contributed by atoms with Crippen LogP contribution in [0.25, 0.3) is 21.1 Å². The second-order valence-electron chi connectivity index (χ2n) is 4.78. The molecular formula is C17H12N4S. The molecule has 0 saturated heterocycles. The van der Waals surface area contributed by atoms with Crippen LogP contribution in [-0.2, 0) is 0 Å². The Morgan fingerprint density at radius 1 is 0.864 bits per heavy atom. The Morgan fingerprint density at radius 3 is 2.59 bits per heavy atom. The van der Waals surface area contributed by atoms with Crippen molar-refractivity contribution in [1.29, 1.82) is 0 Å². The quantitative estimate of drug-likeness (QED) is 0.454. The molecule has 0 saturated carbocycles. The fraction of sp³-hybridized carbons (Fsp3) is 0. The van der Waals surface area contributed by atoms with Crippen LogP contribution in [0.2, 0.25) is 0 Å². The molecule has 4 nitrogen and oxygen atoms in total. The van der Waals surface area contributed by atoms with Gasteiger partial charge < -0.3 is 0 Å². The van der Waals surface area contributed by atoms with E-state index in [4.69, 9.17) is 0 Å². The van der Waals surface area contributed by atoms with Gasteiger partial charge in [-0.25, -0.2) is 9.97 Å². The smallest absolute Gasteiger partial charge is 0.146 e. The molecule has 4 aromatic rings. The first-order valence-electron chi connectivity index (χ1n) is 6.89. The van der Waals surface area contributed by atoms with Crippen molar-refractivity contribution in [2.75, 3.05) is 5.43 Å². The molecule has 0 radical (unpaired) electrons. The molecule has 0 aliphatic heterocycles. The van der Waals surface area contributed by atoms with Gasteiger partial charge in [-0.05, 0) is 30.3 Å². The number of para-hydroxylation sites is 2. The molecule has 0 atom stereocenters. The van der Waals surface area contributed by atoms with Gasteiger partial charge in [-0.3, -0.25) is 5.43 Å². The first kappa shape index (κ1) is 12.9. The molecule has 2 aromatic carbocycles. The van der Waals surface area contributed by atoms with Crippen molar-refractivity contribution in [3.05, 3.63) is 65.7 Å². The van der Waals surface area contributed by atoms with E-state index < -0.39 is 0 Å². The highest BCUT2D eigenvalue weighted by Gasteiger charge is 2.00. The van der Waals surface area contributed by atoms with Crippen molar-refractivity contribution in [2.45, 2.75) is 0 Å². The number of nitrogens with one attached hydrogen (secondary N) is 1. The summed E-state index contributed by atoms with van der Waals surface area (Å²) >= 11 is 1.61. The molecule has 5 heteroatoms. The molecule has 0 amide bonds. The van der Waals surface area contributed by atoms with Crippen LogP contribution in [0.4, 0.5) is 5.82 Å². The number of nitrogens with zero attached hydrogens (tertiary/aromatic N) is 3. The monoisotopic (exact) mass is 304 g/mol. The van der Waals surface area contributed by atoms with Gasteiger partial charge in [0.2, 0.25) is 0 Å². The van der Waals surface area contributed by atoms with Gasteiger partial charge in [-0.1, -0.05) is 30.3 Å². The van der Waals surface area contributed by atoms with E-state index in [1.165, 1.54) is 0 Å². The molecule has 0 spiro atoms. The Balaban J connectivity index is 1.55. The number of anilines is 1. The van der Waals surface area contributed by atoms with Crippen LogP contribution < -0.4 is 5.43 Å². The summed E-state index contributed by atoms with van der Waals surface area (Å²) < 4.78 is 1.16. The molecule has 0 unspecified atom stereocenters. The number of fused-ring (bicyclic) bond motifs is 2. The number of thiazole rings is 1. The Morgan fingerprint density at radius 2 is 1.68 bits per heavy atom. The molecule has 0 aliphatic carbocycles. The van der Waals surface area contributed by atoms with Gasteiger partial charge in [0, 0.05) is 5.39 Å². The molecule has 2 aromatic heterocycles. The van der Waals surface area contributed by atoms with E-state index in [0.717, 1.165) is 31.9 Å². The highest BCUT2D eigenvalue weighted by Crippen LogP contribution is 2.20. The fourth-order valence-electron chi connectivity index (χ4n) is 2.23. The summed E-state index contributed by atoms with van der Waals surface area (Å²) in [4.78, 5) is 9.01. The number of pyridine rings is 1. The minimum Gasteiger partial charge on any atom is -0.261 e. The summed E-state index contributed by atoms with van der Waals surface area (Å²) in [7, 11) is 0. The lowest BCUT2D eigenvalue weighted by atomic mass is 10.2. The lowest BCUT2D eigenvalue weighted by Gasteiger charge is -2.01. The third kappa shape index (κ3) is 2.54. The zero-order valence-corrected chi connectivity index (χ0v) is 12.4. The van der Waals surface area contributed by atoms with Crippen molar-refractivity contribution < 1.29 is 0 Å². The summed E-state index contributed by atoms with van der Waals surface area (Å²) in [6.45, 7) is 0. The molecule has 0 bridgehead atoms. The Kier molecular flexibility index (Phi) is 3.25. The molecule has 22 heavy (non-hydrogen) atoms. The molecular weight excluding hydrogens is 292 g/mol. The van der Waals surface area contributed by atoms with Gasteiger partial charge in [0.15, 0.2) is 0 Å². The van der Waals surface area contributed by atoms with E-state index in [1.807, 2.05) is 54.6 Å². The van der Waals surface area contributed by atoms with E-state index in [2.05, 4.69) is 26.6 Å². The SMILES string of the molecule is C(=N\Nc1ccc2ccccc2n1)/c1nc2ccccc2s1. The minimum atomic E-state index is 0.719. The summed E-state index contributed by atoms with van der Waals surface area (Å²) in [5.41, 5.74) is 4.90. The van der Waals surface area contributed by atoms with Crippen LogP contribution in [0.1, 0.15) is 5.01 Å². The predicted octanol–water partition coefficient (Wildman–Crippen LogP) is 4.29. The number of benzene rings is 2. The molecule has 4 rings (SSSR count). The first-order valence-corrected chi connectivity index (χ1v) is 7.71. The van der Waals surface area contributed by atoms with Crippen molar-refractivity contribution in [3.8, 4) is 0 Å². The van der Waals surface area contributed by atoms with Crippen LogP contribution in [0, 0.1) is 0 Å². The normalized spacial score (nSPS) is 11.5. The van der Waals surface area contributed by atoms with Gasteiger partial charge in [-0.2, -0.15) is 5.10 Å². The van der Waals surface area contributed by atoms with Crippen LogP contribution >= 0.6 is 11.3 Å². The third-order valence-electron chi connectivity index (χ3n) is 3.26. The van der Waals surface area contributed by atoms with E-state index in [0.29, 0.717) is 0 Å². The van der Waals surface area contributed by atoms with E-state index >= 15 is 0 Å². The Bertz CT molecular complexity index is 941. The second kappa shape index (κ2) is 5.54. The van der Waals surface area contributed by atoms with Crippen molar-refractivity contribution in [1.82, 2.24) is 9.97 Å². The van der Waals surface area contributed by atoms with Gasteiger partial charge in [0.25, 0.3) is 0 Å². The van der Waals surface area contributed by atoms with Crippen LogP contribution in [0.3, 0.4) is 0 Å². The molecule has 1 N–H and O–H groups in total. The molecule has 106 valence electrons. The van der Waals surface area contributed by atoms with Crippen LogP contribution in [0.5, 0.6) is 0 Å². The summed E-state index contributed by atoms with van der Waals surface area (Å²) in [6, 6.07) is 20.0. The van der Waals surface area contributed by atoms with E-state index in [1.54, 1.807) is 17.6 Å². The Labute approximate surface area is 131 Å². The maximum absolute atomic E-state index is 4.51. The van der Waals surface area contributed by atoms with Crippen LogP contribution in [0.15, 0.2) is 65.8 Å². The van der Waals surface area contributed by atoms with Crippen molar-refractivity contribution in [3.63, 3.8) is 0 Å². The number of hydrazone groups is 1. The van der Waals surface area contributed by atoms with Crippen LogP contribution in [-0.4, -0.2) is 16.2 Å². The molecule has 0 aliphatic rings. The zero-order chi connectivity index (χ0) is 14.8. The van der Waals surface area contributed by atoms with E-state index in [9.17, 15) is 0 Å². The number of hydrogen-bond donors (Lipinski definition) is 1. The lowest BCUT2D eigenvalue weighted by molar-refractivity contribution is 1.26. The standard InChI is InChI=1S/C17H12N4S/c1-2-6-13-12(5-1)9-10-16(19-13)21-18-11-17-20-14-7-3-4-8-15(14)22-17/h1-11H,(H,19,21)/b18-11+. The fourth-order valence-corrected chi connectivity index (χ4v) is 3.07. The number of rotatable bonds is 3. The van der Waals surface area contributed by atoms with Gasteiger partial charge in [0.1, 0.15) is 10.8 Å². The zero-order valence-electron chi connectivity index (χ0n) is 11.6. The molecule has 0 fully saturated rings. The van der Waals surface area contributed by atoms with Crippen molar-refractivity contribution >= 4 is 44.5 Å². The Hall–Kier alpha value is -2.79. The molecule has 2 heterocycles. The van der Waals surface area contributed by atoms with Crippen molar-refractivity contribution in [2.24, 2.45) is 5.10 Å². The number of aromatic nitrogens is 2. The average Bonchev–Trinajstić information content (AvgIpc) is 2.97. The first-order chi connectivity index (χ1) is 10.9. The van der Waals surface area contributed by atoms with E-state index in [-0.39, 0.29) is 0 Å². The highest BCUT2D eigenvalue weighted by molar-refractivity contribution is 7.20. The topological polar surface area (TPSA) is 50.2 Å². The summed E-state index contributed by atoms with van der Waals surface area (Å²) in [5, 5.41) is 6.21. The minimum absolute atomic E-state index is 0.719. The lowest BCUT2D eigenvalue weighted by Crippen LogP contribution is -1.93.